The largest absolute Gasteiger partial charge is 0.482 e. The number of aromatic nitrogens is 2. The van der Waals surface area contributed by atoms with E-state index in [-0.39, 0.29) is 11.6 Å². The number of nitrogens with two attached hydrogens (primary N) is 1. The maximum absolute atomic E-state index is 14.2. The Kier molecular flexibility index (Phi) is 8.40. The zero-order valence-electron chi connectivity index (χ0n) is 18.4. The van der Waals surface area contributed by atoms with E-state index in [0.29, 0.717) is 27.7 Å². The van der Waals surface area contributed by atoms with Crippen molar-refractivity contribution >= 4 is 45.2 Å². The lowest BCUT2D eigenvalue weighted by Crippen LogP contribution is -2.12. The van der Waals surface area contributed by atoms with E-state index in [0.717, 1.165) is 22.6 Å². The number of aryl methyl sites for hydroxylation is 1. The first kappa shape index (κ1) is 24.7. The van der Waals surface area contributed by atoms with Crippen molar-refractivity contribution in [1.29, 1.82) is 0 Å². The summed E-state index contributed by atoms with van der Waals surface area (Å²) < 4.78 is 25.2. The molecule has 0 aliphatic rings. The molecular weight excluding hydrogens is 509 g/mol. The molecule has 2 heterocycles. The molecule has 1 atom stereocenters. The molecule has 3 aromatic rings. The molecule has 3 rings (SSSR count). The Balaban J connectivity index is 2.02. The molecule has 7 nitrogen and oxygen atoms in total. The van der Waals surface area contributed by atoms with Crippen molar-refractivity contribution in [2.24, 2.45) is 15.9 Å². The number of hydrogen-bond acceptors (Lipinski definition) is 8. The van der Waals surface area contributed by atoms with E-state index >= 15 is 0 Å². The fourth-order valence-electron chi connectivity index (χ4n) is 3.27. The Labute approximate surface area is 203 Å². The third-order valence-corrected chi connectivity index (χ3v) is 6.15. The molecule has 0 spiro atoms. The van der Waals surface area contributed by atoms with Crippen LogP contribution in [-0.4, -0.2) is 22.6 Å². The minimum Gasteiger partial charge on any atom is -0.482 e. The van der Waals surface area contributed by atoms with Gasteiger partial charge < -0.3 is 10.5 Å². The Morgan fingerprint density at radius 2 is 2.15 bits per heavy atom. The second-order valence-corrected chi connectivity index (χ2v) is 9.00. The number of benzene rings is 1. The predicted octanol–water partition coefficient (Wildman–Crippen LogP) is 6.15. The molecule has 172 valence electrons. The molecule has 2 aromatic heterocycles. The highest BCUT2D eigenvalue weighted by atomic mass is 79.9. The lowest BCUT2D eigenvalue weighted by atomic mass is 9.96. The normalized spacial score (nSPS) is 13.1. The van der Waals surface area contributed by atoms with Gasteiger partial charge >= 0.3 is 0 Å². The molecule has 0 aliphatic carbocycles. The number of nitroso groups, excluding NO2 is 1. The zero-order chi connectivity index (χ0) is 24.0. The van der Waals surface area contributed by atoms with E-state index in [1.165, 1.54) is 29.9 Å². The maximum atomic E-state index is 14.2. The van der Waals surface area contributed by atoms with Gasteiger partial charge in [-0.25, -0.2) is 9.37 Å². The third-order valence-electron chi connectivity index (χ3n) is 4.90. The SMILES string of the molecule is CCc1cc(CC(C=NC)=C(N)c2ccc(F)cc2[C@@H](C)Oc2cc(Br)cnc2N=O)sn1. The van der Waals surface area contributed by atoms with E-state index in [4.69, 9.17) is 10.5 Å². The van der Waals surface area contributed by atoms with Gasteiger partial charge in [0, 0.05) is 52.1 Å². The summed E-state index contributed by atoms with van der Waals surface area (Å²) in [4.78, 5) is 20.3. The summed E-state index contributed by atoms with van der Waals surface area (Å²) in [5, 5.41) is 2.90. The van der Waals surface area contributed by atoms with Crippen LogP contribution in [0.2, 0.25) is 0 Å². The summed E-state index contributed by atoms with van der Waals surface area (Å²) in [6, 6.07) is 7.97. The lowest BCUT2D eigenvalue weighted by Gasteiger charge is -2.20. The van der Waals surface area contributed by atoms with Crippen LogP contribution in [0.5, 0.6) is 5.75 Å². The van der Waals surface area contributed by atoms with Gasteiger partial charge in [0.05, 0.1) is 5.69 Å². The van der Waals surface area contributed by atoms with Crippen LogP contribution < -0.4 is 10.5 Å². The van der Waals surface area contributed by atoms with E-state index in [2.05, 4.69) is 42.4 Å². The number of aliphatic imine (C=N–C) groups is 1. The number of hydrogen-bond donors (Lipinski definition) is 1. The van der Waals surface area contributed by atoms with Crippen molar-refractivity contribution in [3.05, 3.63) is 79.0 Å². The highest BCUT2D eigenvalue weighted by Crippen LogP contribution is 2.34. The molecule has 0 fully saturated rings. The van der Waals surface area contributed by atoms with Crippen LogP contribution in [-0.2, 0) is 12.8 Å². The van der Waals surface area contributed by atoms with Gasteiger partial charge in [0.1, 0.15) is 11.9 Å². The Bertz CT molecular complexity index is 1210. The first-order valence-corrected chi connectivity index (χ1v) is 11.7. The Morgan fingerprint density at radius 1 is 1.36 bits per heavy atom. The van der Waals surface area contributed by atoms with Crippen LogP contribution in [0.25, 0.3) is 5.70 Å². The molecule has 0 radical (unpaired) electrons. The third kappa shape index (κ3) is 6.08. The molecule has 0 amide bonds. The first-order valence-electron chi connectivity index (χ1n) is 10.2. The summed E-state index contributed by atoms with van der Waals surface area (Å²) >= 11 is 4.73. The van der Waals surface area contributed by atoms with Gasteiger partial charge in [-0.05, 0) is 81.9 Å². The zero-order valence-corrected chi connectivity index (χ0v) is 20.8. The molecule has 0 unspecified atom stereocenters. The van der Waals surface area contributed by atoms with E-state index in [9.17, 15) is 9.30 Å². The van der Waals surface area contributed by atoms with Gasteiger partial charge in [-0.2, -0.15) is 4.37 Å². The smallest absolute Gasteiger partial charge is 0.239 e. The fourth-order valence-corrected chi connectivity index (χ4v) is 4.41. The van der Waals surface area contributed by atoms with E-state index in [1.807, 2.05) is 6.07 Å². The summed E-state index contributed by atoms with van der Waals surface area (Å²) in [5.74, 6) is -0.349. The molecule has 33 heavy (non-hydrogen) atoms. The van der Waals surface area contributed by atoms with Crippen molar-refractivity contribution in [3.63, 3.8) is 0 Å². The van der Waals surface area contributed by atoms with Gasteiger partial charge in [-0.1, -0.05) is 6.92 Å². The summed E-state index contributed by atoms with van der Waals surface area (Å²) in [6.07, 6.45) is 3.89. The van der Waals surface area contributed by atoms with Crippen molar-refractivity contribution in [2.45, 2.75) is 32.8 Å². The molecular formula is C23H23BrFN5O2S. The molecule has 0 saturated heterocycles. The number of nitrogens with zero attached hydrogens (tertiary/aromatic N) is 4. The van der Waals surface area contributed by atoms with Crippen molar-refractivity contribution in [3.8, 4) is 5.75 Å². The monoisotopic (exact) mass is 531 g/mol. The Morgan fingerprint density at radius 3 is 2.82 bits per heavy atom. The van der Waals surface area contributed by atoms with Gasteiger partial charge in [0.2, 0.25) is 5.82 Å². The van der Waals surface area contributed by atoms with Gasteiger partial charge in [0.15, 0.2) is 5.75 Å². The highest BCUT2D eigenvalue weighted by molar-refractivity contribution is 9.10. The number of rotatable bonds is 9. The summed E-state index contributed by atoms with van der Waals surface area (Å²) in [5.41, 5.74) is 9.97. The summed E-state index contributed by atoms with van der Waals surface area (Å²) in [6.45, 7) is 3.79. The second kappa shape index (κ2) is 11.2. The second-order valence-electron chi connectivity index (χ2n) is 7.20. The highest BCUT2D eigenvalue weighted by Gasteiger charge is 2.19. The van der Waals surface area contributed by atoms with Crippen molar-refractivity contribution in [2.75, 3.05) is 7.05 Å². The molecule has 10 heteroatoms. The van der Waals surface area contributed by atoms with Gasteiger partial charge in [-0.15, -0.1) is 4.91 Å². The number of pyridine rings is 1. The van der Waals surface area contributed by atoms with Crippen molar-refractivity contribution < 1.29 is 9.13 Å². The van der Waals surface area contributed by atoms with Crippen LogP contribution in [0.15, 0.2) is 56.7 Å². The summed E-state index contributed by atoms with van der Waals surface area (Å²) in [7, 11) is 1.67. The van der Waals surface area contributed by atoms with Crippen molar-refractivity contribution in [1.82, 2.24) is 9.36 Å². The van der Waals surface area contributed by atoms with E-state index in [1.54, 1.807) is 32.3 Å². The molecule has 1 aromatic carbocycles. The van der Waals surface area contributed by atoms with Crippen LogP contribution >= 0.6 is 27.5 Å². The molecule has 0 aliphatic heterocycles. The number of ether oxygens (including phenoxy) is 1. The number of allylic oxidation sites excluding steroid dienone is 1. The minimum absolute atomic E-state index is 0.0951. The van der Waals surface area contributed by atoms with E-state index < -0.39 is 11.9 Å². The lowest BCUT2D eigenvalue weighted by molar-refractivity contribution is 0.226. The predicted molar refractivity (Wildman–Crippen MR) is 134 cm³/mol. The first-order chi connectivity index (χ1) is 15.9. The molecule has 0 saturated carbocycles. The van der Waals surface area contributed by atoms with Crippen LogP contribution in [0.4, 0.5) is 10.2 Å². The van der Waals surface area contributed by atoms with Crippen LogP contribution in [0.1, 0.15) is 41.6 Å². The quantitative estimate of drug-likeness (QED) is 0.263. The topological polar surface area (TPSA) is 103 Å². The molecule has 2 N–H and O–H groups in total. The Hall–Kier alpha value is -2.98. The fraction of sp³-hybridized carbons (Fsp3) is 0.261. The standard InChI is InChI=1S/C23H23BrFN5O2S/c1-4-17-10-18(33-30-17)7-14(11-27-3)22(26)19-6-5-16(25)9-20(19)13(2)32-21-8-15(24)12-28-23(21)29-31/h5-6,8-13H,4,7,26H2,1-3H3/t13-/m1/s1. The number of halogens is 2. The molecule has 0 bridgehead atoms. The van der Waals surface area contributed by atoms with Crippen LogP contribution in [0, 0.1) is 10.7 Å². The average molecular weight is 532 g/mol. The maximum Gasteiger partial charge on any atom is 0.239 e. The van der Waals surface area contributed by atoms with Crippen LogP contribution in [0.3, 0.4) is 0 Å². The average Bonchev–Trinajstić information content (AvgIpc) is 3.26. The van der Waals surface area contributed by atoms with Gasteiger partial charge in [0.25, 0.3) is 0 Å². The minimum atomic E-state index is -0.652. The van der Waals surface area contributed by atoms with Gasteiger partial charge in [-0.3, -0.25) is 4.99 Å².